The normalized spacial score (nSPS) is 10.2. The maximum absolute atomic E-state index is 12.4. The van der Waals surface area contributed by atoms with Crippen LogP contribution in [0.5, 0.6) is 11.5 Å². The average Bonchev–Trinajstić information content (AvgIpc) is 2.69. The highest BCUT2D eigenvalue weighted by atomic mass is 16.5. The molecule has 0 bridgehead atoms. The number of hydrogen-bond acceptors (Lipinski definition) is 5. The average molecular weight is 399 g/mol. The number of aryl methyl sites for hydroxylation is 1. The van der Waals surface area contributed by atoms with Crippen molar-refractivity contribution in [2.75, 3.05) is 44.0 Å². The van der Waals surface area contributed by atoms with Crippen molar-refractivity contribution in [2.45, 2.75) is 20.8 Å². The lowest BCUT2D eigenvalue weighted by molar-refractivity contribution is -0.131. The first-order chi connectivity index (χ1) is 13.9. The third-order valence-corrected chi connectivity index (χ3v) is 4.13. The Morgan fingerprint density at radius 1 is 1.00 bits per heavy atom. The van der Waals surface area contributed by atoms with Crippen LogP contribution in [0.25, 0.3) is 0 Å². The summed E-state index contributed by atoms with van der Waals surface area (Å²) in [7, 11) is 1.60. The highest BCUT2D eigenvalue weighted by Crippen LogP contribution is 2.29. The molecule has 0 aliphatic carbocycles. The summed E-state index contributed by atoms with van der Waals surface area (Å²) in [5, 5.41) is 5.87. The Kier molecular flexibility index (Phi) is 8.33. The SMILES string of the molecule is CCOc1ccc(OCC)c(NCC(=O)N(C)CC(=O)Nc2ccc(C)cc2)c1. The van der Waals surface area contributed by atoms with Crippen molar-refractivity contribution in [1.82, 2.24) is 4.90 Å². The lowest BCUT2D eigenvalue weighted by atomic mass is 10.2. The molecular weight excluding hydrogens is 370 g/mol. The van der Waals surface area contributed by atoms with Gasteiger partial charge in [0.2, 0.25) is 11.8 Å². The minimum absolute atomic E-state index is 0.0317. The number of benzene rings is 2. The van der Waals surface area contributed by atoms with Crippen LogP contribution in [-0.4, -0.2) is 50.1 Å². The van der Waals surface area contributed by atoms with E-state index in [4.69, 9.17) is 9.47 Å². The number of anilines is 2. The van der Waals surface area contributed by atoms with Gasteiger partial charge in [0, 0.05) is 18.8 Å². The van der Waals surface area contributed by atoms with Gasteiger partial charge in [-0.2, -0.15) is 0 Å². The van der Waals surface area contributed by atoms with Crippen LogP contribution >= 0.6 is 0 Å². The maximum Gasteiger partial charge on any atom is 0.243 e. The molecule has 0 saturated heterocycles. The number of likely N-dealkylation sites (N-methyl/N-ethyl adjacent to an activating group) is 1. The van der Waals surface area contributed by atoms with Gasteiger partial charge in [-0.05, 0) is 45.0 Å². The summed E-state index contributed by atoms with van der Waals surface area (Å²) in [5.74, 6) is 0.867. The molecule has 2 N–H and O–H groups in total. The smallest absolute Gasteiger partial charge is 0.243 e. The van der Waals surface area contributed by atoms with E-state index in [-0.39, 0.29) is 24.9 Å². The zero-order valence-electron chi connectivity index (χ0n) is 17.5. The van der Waals surface area contributed by atoms with Crippen LogP contribution in [0.4, 0.5) is 11.4 Å². The standard InChI is InChI=1S/C22H29N3O4/c1-5-28-18-11-12-20(29-6-2)19(13-18)23-14-22(27)25(4)15-21(26)24-17-9-7-16(3)8-10-17/h7-13,23H,5-6,14-15H2,1-4H3,(H,24,26). The second-order valence-corrected chi connectivity index (χ2v) is 6.54. The van der Waals surface area contributed by atoms with Gasteiger partial charge in [-0.25, -0.2) is 0 Å². The predicted octanol–water partition coefficient (Wildman–Crippen LogP) is 3.30. The first kappa shape index (κ1) is 22.1. The molecule has 0 aliphatic rings. The molecule has 7 nitrogen and oxygen atoms in total. The highest BCUT2D eigenvalue weighted by Gasteiger charge is 2.14. The molecule has 156 valence electrons. The minimum Gasteiger partial charge on any atom is -0.494 e. The molecule has 0 heterocycles. The van der Waals surface area contributed by atoms with E-state index in [9.17, 15) is 9.59 Å². The molecule has 7 heteroatoms. The van der Waals surface area contributed by atoms with Crippen LogP contribution in [-0.2, 0) is 9.59 Å². The largest absolute Gasteiger partial charge is 0.494 e. The second kappa shape index (κ2) is 10.9. The van der Waals surface area contributed by atoms with Crippen molar-refractivity contribution in [3.63, 3.8) is 0 Å². The Balaban J connectivity index is 1.91. The highest BCUT2D eigenvalue weighted by molar-refractivity contribution is 5.95. The fourth-order valence-electron chi connectivity index (χ4n) is 2.63. The molecule has 2 amide bonds. The number of ether oxygens (including phenoxy) is 2. The van der Waals surface area contributed by atoms with E-state index in [2.05, 4.69) is 10.6 Å². The monoisotopic (exact) mass is 399 g/mol. The zero-order chi connectivity index (χ0) is 21.2. The Morgan fingerprint density at radius 3 is 2.34 bits per heavy atom. The summed E-state index contributed by atoms with van der Waals surface area (Å²) in [4.78, 5) is 26.0. The summed E-state index contributed by atoms with van der Waals surface area (Å²) >= 11 is 0. The van der Waals surface area contributed by atoms with Crippen LogP contribution in [0.3, 0.4) is 0 Å². The van der Waals surface area contributed by atoms with Gasteiger partial charge in [-0.15, -0.1) is 0 Å². The van der Waals surface area contributed by atoms with E-state index in [1.165, 1.54) is 4.90 Å². The Hall–Kier alpha value is -3.22. The fraction of sp³-hybridized carbons (Fsp3) is 0.364. The third kappa shape index (κ3) is 7.03. The molecule has 0 radical (unpaired) electrons. The molecule has 0 atom stereocenters. The summed E-state index contributed by atoms with van der Waals surface area (Å²) < 4.78 is 11.1. The first-order valence-electron chi connectivity index (χ1n) is 9.67. The van der Waals surface area contributed by atoms with E-state index in [0.717, 1.165) is 5.56 Å². The van der Waals surface area contributed by atoms with Crippen molar-refractivity contribution < 1.29 is 19.1 Å². The molecule has 2 rings (SSSR count). The molecule has 0 fully saturated rings. The van der Waals surface area contributed by atoms with Crippen molar-refractivity contribution in [3.05, 3.63) is 48.0 Å². The fourth-order valence-corrected chi connectivity index (χ4v) is 2.63. The van der Waals surface area contributed by atoms with Gasteiger partial charge in [0.1, 0.15) is 11.5 Å². The predicted molar refractivity (Wildman–Crippen MR) is 115 cm³/mol. The molecule has 2 aromatic carbocycles. The van der Waals surface area contributed by atoms with Gasteiger partial charge in [-0.1, -0.05) is 17.7 Å². The third-order valence-electron chi connectivity index (χ3n) is 4.13. The number of amides is 2. The van der Waals surface area contributed by atoms with Crippen LogP contribution in [0.1, 0.15) is 19.4 Å². The van der Waals surface area contributed by atoms with E-state index >= 15 is 0 Å². The van der Waals surface area contributed by atoms with E-state index in [0.29, 0.717) is 36.1 Å². The zero-order valence-corrected chi connectivity index (χ0v) is 17.5. The molecular formula is C22H29N3O4. The van der Waals surface area contributed by atoms with Crippen molar-refractivity contribution in [3.8, 4) is 11.5 Å². The molecule has 29 heavy (non-hydrogen) atoms. The number of carbonyl (C=O) groups is 2. The first-order valence-corrected chi connectivity index (χ1v) is 9.67. The molecule has 0 saturated carbocycles. The minimum atomic E-state index is -0.252. The Morgan fingerprint density at radius 2 is 1.69 bits per heavy atom. The van der Waals surface area contributed by atoms with Crippen LogP contribution < -0.4 is 20.1 Å². The lowest BCUT2D eigenvalue weighted by Gasteiger charge is -2.19. The van der Waals surface area contributed by atoms with Gasteiger partial charge in [0.25, 0.3) is 0 Å². The summed E-state index contributed by atoms with van der Waals surface area (Å²) in [5.41, 5.74) is 2.48. The summed E-state index contributed by atoms with van der Waals surface area (Å²) in [6.07, 6.45) is 0. The van der Waals surface area contributed by atoms with Gasteiger partial charge < -0.3 is 25.0 Å². The Bertz CT molecular complexity index is 821. The Labute approximate surface area is 172 Å². The molecule has 0 aliphatic heterocycles. The topological polar surface area (TPSA) is 79.9 Å². The number of carbonyl (C=O) groups excluding carboxylic acids is 2. The van der Waals surface area contributed by atoms with Gasteiger partial charge in [0.15, 0.2) is 0 Å². The van der Waals surface area contributed by atoms with E-state index < -0.39 is 0 Å². The molecule has 0 unspecified atom stereocenters. The lowest BCUT2D eigenvalue weighted by Crippen LogP contribution is -2.38. The van der Waals surface area contributed by atoms with Crippen molar-refractivity contribution in [2.24, 2.45) is 0 Å². The van der Waals surface area contributed by atoms with Gasteiger partial charge >= 0.3 is 0 Å². The quantitative estimate of drug-likeness (QED) is 0.641. The van der Waals surface area contributed by atoms with Crippen molar-refractivity contribution >= 4 is 23.2 Å². The van der Waals surface area contributed by atoms with Crippen LogP contribution in [0.15, 0.2) is 42.5 Å². The number of nitrogens with one attached hydrogen (secondary N) is 2. The van der Waals surface area contributed by atoms with E-state index in [1.807, 2.05) is 51.1 Å². The molecule has 2 aromatic rings. The number of hydrogen-bond donors (Lipinski definition) is 2. The number of nitrogens with zero attached hydrogens (tertiary/aromatic N) is 1. The summed E-state index contributed by atoms with van der Waals surface area (Å²) in [6.45, 7) is 6.83. The van der Waals surface area contributed by atoms with Crippen molar-refractivity contribution in [1.29, 1.82) is 0 Å². The van der Waals surface area contributed by atoms with Gasteiger partial charge in [0.05, 0.1) is 32.0 Å². The maximum atomic E-state index is 12.4. The van der Waals surface area contributed by atoms with E-state index in [1.54, 1.807) is 19.2 Å². The molecule has 0 aromatic heterocycles. The molecule has 0 spiro atoms. The number of rotatable bonds is 10. The van der Waals surface area contributed by atoms with Crippen LogP contribution in [0.2, 0.25) is 0 Å². The summed E-state index contributed by atoms with van der Waals surface area (Å²) in [6, 6.07) is 12.9. The second-order valence-electron chi connectivity index (χ2n) is 6.54. The van der Waals surface area contributed by atoms with Crippen LogP contribution in [0, 0.1) is 6.92 Å². The van der Waals surface area contributed by atoms with Gasteiger partial charge in [-0.3, -0.25) is 9.59 Å².